The molecule has 1 aliphatic rings. The van der Waals surface area contributed by atoms with E-state index in [1.54, 1.807) is 0 Å². The van der Waals surface area contributed by atoms with Crippen molar-refractivity contribution in [3.05, 3.63) is 29.8 Å². The molecular weight excluding hydrogens is 160 g/mol. The molecule has 1 aliphatic heterocycles. The number of rotatable bonds is 1. The van der Waals surface area contributed by atoms with Crippen LogP contribution >= 0.6 is 0 Å². The number of hydrogen-bond acceptors (Lipinski definition) is 2. The molecule has 0 bridgehead atoms. The van der Waals surface area contributed by atoms with Gasteiger partial charge >= 0.3 is 0 Å². The first-order valence-corrected chi connectivity index (χ1v) is 4.88. The van der Waals surface area contributed by atoms with Gasteiger partial charge in [0, 0.05) is 12.2 Å². The number of aryl methyl sites for hydroxylation is 1. The fraction of sp³-hybridized carbons (Fsp3) is 0.455. The highest BCUT2D eigenvalue weighted by molar-refractivity contribution is 5.47. The molecule has 0 aliphatic carbocycles. The van der Waals surface area contributed by atoms with Crippen molar-refractivity contribution in [2.24, 2.45) is 0 Å². The quantitative estimate of drug-likeness (QED) is 0.701. The minimum absolute atomic E-state index is 0.989. The predicted molar refractivity (Wildman–Crippen MR) is 56.0 cm³/mol. The molecule has 1 aromatic rings. The summed E-state index contributed by atoms with van der Waals surface area (Å²) in [5, 5.41) is 3.37. The van der Waals surface area contributed by atoms with Crippen LogP contribution < -0.4 is 10.2 Å². The van der Waals surface area contributed by atoms with E-state index in [-0.39, 0.29) is 0 Å². The van der Waals surface area contributed by atoms with E-state index in [0.29, 0.717) is 0 Å². The smallest absolute Gasteiger partial charge is 0.0682 e. The third-order valence-electron chi connectivity index (χ3n) is 2.48. The fourth-order valence-electron chi connectivity index (χ4n) is 1.66. The van der Waals surface area contributed by atoms with Gasteiger partial charge in [-0.05, 0) is 32.0 Å². The molecule has 0 saturated carbocycles. The van der Waals surface area contributed by atoms with Crippen molar-refractivity contribution in [1.82, 2.24) is 5.32 Å². The van der Waals surface area contributed by atoms with Gasteiger partial charge in [0.05, 0.1) is 6.67 Å². The maximum atomic E-state index is 3.37. The molecule has 2 rings (SSSR count). The van der Waals surface area contributed by atoms with E-state index in [9.17, 15) is 0 Å². The van der Waals surface area contributed by atoms with Crippen molar-refractivity contribution in [1.29, 1.82) is 0 Å². The minimum atomic E-state index is 0.989. The van der Waals surface area contributed by atoms with E-state index in [4.69, 9.17) is 0 Å². The topological polar surface area (TPSA) is 15.3 Å². The molecule has 0 amide bonds. The van der Waals surface area contributed by atoms with Crippen LogP contribution in [0.15, 0.2) is 24.3 Å². The van der Waals surface area contributed by atoms with Gasteiger partial charge in [0.2, 0.25) is 0 Å². The van der Waals surface area contributed by atoms with E-state index in [1.165, 1.54) is 24.2 Å². The molecule has 0 atom stereocenters. The van der Waals surface area contributed by atoms with Crippen molar-refractivity contribution in [3.63, 3.8) is 0 Å². The molecule has 0 unspecified atom stereocenters. The Kier molecular flexibility index (Phi) is 2.50. The predicted octanol–water partition coefficient (Wildman–Crippen LogP) is 1.75. The zero-order valence-corrected chi connectivity index (χ0v) is 8.09. The van der Waals surface area contributed by atoms with Crippen LogP contribution in [0.5, 0.6) is 0 Å². The Morgan fingerprint density at radius 2 is 2.00 bits per heavy atom. The van der Waals surface area contributed by atoms with Crippen molar-refractivity contribution in [3.8, 4) is 0 Å². The van der Waals surface area contributed by atoms with Gasteiger partial charge in [0.15, 0.2) is 0 Å². The zero-order valence-electron chi connectivity index (χ0n) is 8.09. The van der Waals surface area contributed by atoms with Gasteiger partial charge in [-0.15, -0.1) is 0 Å². The van der Waals surface area contributed by atoms with Crippen LogP contribution in [0.25, 0.3) is 0 Å². The summed E-state index contributed by atoms with van der Waals surface area (Å²) in [6.45, 7) is 5.44. The number of nitrogens with one attached hydrogen (secondary N) is 1. The second kappa shape index (κ2) is 3.79. The average molecular weight is 176 g/mol. The van der Waals surface area contributed by atoms with Crippen LogP contribution in [0.4, 0.5) is 5.69 Å². The molecule has 1 aromatic carbocycles. The molecule has 0 aromatic heterocycles. The van der Waals surface area contributed by atoms with E-state index < -0.39 is 0 Å². The van der Waals surface area contributed by atoms with E-state index >= 15 is 0 Å². The third kappa shape index (κ3) is 2.01. The zero-order chi connectivity index (χ0) is 9.10. The van der Waals surface area contributed by atoms with Gasteiger partial charge in [0.25, 0.3) is 0 Å². The highest BCUT2D eigenvalue weighted by atomic mass is 15.2. The molecule has 1 N–H and O–H groups in total. The fourth-order valence-corrected chi connectivity index (χ4v) is 1.66. The second-order valence-corrected chi connectivity index (χ2v) is 3.61. The molecule has 70 valence electrons. The molecule has 2 nitrogen and oxygen atoms in total. The summed E-state index contributed by atoms with van der Waals surface area (Å²) in [5.74, 6) is 0. The summed E-state index contributed by atoms with van der Waals surface area (Å²) in [6, 6.07) is 8.73. The lowest BCUT2D eigenvalue weighted by molar-refractivity contribution is 0.553. The lowest BCUT2D eigenvalue weighted by atomic mass is 10.2. The van der Waals surface area contributed by atoms with Crippen LogP contribution in [0.2, 0.25) is 0 Å². The number of hydrogen-bond donors (Lipinski definition) is 1. The third-order valence-corrected chi connectivity index (χ3v) is 2.48. The second-order valence-electron chi connectivity index (χ2n) is 3.61. The van der Waals surface area contributed by atoms with Crippen molar-refractivity contribution in [2.45, 2.75) is 13.3 Å². The van der Waals surface area contributed by atoms with Gasteiger partial charge in [-0.25, -0.2) is 0 Å². The number of anilines is 1. The Labute approximate surface area is 79.6 Å². The van der Waals surface area contributed by atoms with E-state index in [0.717, 1.165) is 13.2 Å². The Morgan fingerprint density at radius 3 is 2.62 bits per heavy atom. The van der Waals surface area contributed by atoms with Crippen LogP contribution in [0, 0.1) is 6.92 Å². The Morgan fingerprint density at radius 1 is 1.23 bits per heavy atom. The monoisotopic (exact) mass is 176 g/mol. The summed E-state index contributed by atoms with van der Waals surface area (Å²) in [6.07, 6.45) is 1.24. The first-order chi connectivity index (χ1) is 6.36. The van der Waals surface area contributed by atoms with Crippen LogP contribution in [0.1, 0.15) is 12.0 Å². The first-order valence-electron chi connectivity index (χ1n) is 4.88. The summed E-state index contributed by atoms with van der Waals surface area (Å²) in [5.41, 5.74) is 2.66. The van der Waals surface area contributed by atoms with Crippen molar-refractivity contribution >= 4 is 5.69 Å². The summed E-state index contributed by atoms with van der Waals surface area (Å²) < 4.78 is 0. The van der Waals surface area contributed by atoms with E-state index in [1.807, 2.05) is 0 Å². The molecule has 2 heteroatoms. The maximum absolute atomic E-state index is 3.37. The molecule has 13 heavy (non-hydrogen) atoms. The molecule has 0 radical (unpaired) electrons. The maximum Gasteiger partial charge on any atom is 0.0682 e. The molecule has 1 saturated heterocycles. The highest BCUT2D eigenvalue weighted by Crippen LogP contribution is 2.15. The number of benzene rings is 1. The molecule has 0 spiro atoms. The standard InChI is InChI=1S/C11H16N2/c1-10-3-5-11(6-4-10)13-8-2-7-12-9-13/h3-6,12H,2,7-9H2,1H3. The van der Waals surface area contributed by atoms with Gasteiger partial charge in [-0.2, -0.15) is 0 Å². The molecular formula is C11H16N2. The Hall–Kier alpha value is -1.02. The number of nitrogens with zero attached hydrogens (tertiary/aromatic N) is 1. The van der Waals surface area contributed by atoms with Crippen molar-refractivity contribution in [2.75, 3.05) is 24.7 Å². The summed E-state index contributed by atoms with van der Waals surface area (Å²) in [4.78, 5) is 2.38. The summed E-state index contributed by atoms with van der Waals surface area (Å²) >= 11 is 0. The van der Waals surface area contributed by atoms with Crippen molar-refractivity contribution < 1.29 is 0 Å². The normalized spacial score (nSPS) is 17.5. The van der Waals surface area contributed by atoms with Crippen LogP contribution in [-0.4, -0.2) is 19.8 Å². The van der Waals surface area contributed by atoms with Crippen LogP contribution in [-0.2, 0) is 0 Å². The molecule has 1 heterocycles. The largest absolute Gasteiger partial charge is 0.359 e. The van der Waals surface area contributed by atoms with Gasteiger partial charge in [0.1, 0.15) is 0 Å². The summed E-state index contributed by atoms with van der Waals surface area (Å²) in [7, 11) is 0. The van der Waals surface area contributed by atoms with E-state index in [2.05, 4.69) is 41.4 Å². The van der Waals surface area contributed by atoms with Gasteiger partial charge in [-0.3, -0.25) is 5.32 Å². The van der Waals surface area contributed by atoms with Crippen LogP contribution in [0.3, 0.4) is 0 Å². The average Bonchev–Trinajstić information content (AvgIpc) is 2.20. The first kappa shape index (κ1) is 8.57. The lowest BCUT2D eigenvalue weighted by Crippen LogP contribution is -2.41. The Balaban J connectivity index is 2.10. The minimum Gasteiger partial charge on any atom is -0.359 e. The van der Waals surface area contributed by atoms with Gasteiger partial charge < -0.3 is 4.90 Å². The SMILES string of the molecule is Cc1ccc(N2CCCNC2)cc1. The lowest BCUT2D eigenvalue weighted by Gasteiger charge is -2.29. The Bertz CT molecular complexity index is 260. The highest BCUT2D eigenvalue weighted by Gasteiger charge is 2.08. The van der Waals surface area contributed by atoms with Gasteiger partial charge in [-0.1, -0.05) is 17.7 Å². The molecule has 1 fully saturated rings.